The van der Waals surface area contributed by atoms with Crippen LogP contribution in [0, 0.1) is 5.92 Å². The van der Waals surface area contributed by atoms with E-state index in [1.807, 2.05) is 0 Å². The van der Waals surface area contributed by atoms with Crippen LogP contribution in [0.25, 0.3) is 0 Å². The fourth-order valence-corrected chi connectivity index (χ4v) is 3.10. The van der Waals surface area contributed by atoms with Crippen molar-refractivity contribution in [2.24, 2.45) is 11.1 Å². The molecular weight excluding hydrogens is 318 g/mol. The molecule has 21 heavy (non-hydrogen) atoms. The first kappa shape index (κ1) is 18.3. The van der Waals surface area contributed by atoms with Gasteiger partial charge in [0.05, 0.1) is 0 Å². The minimum absolute atomic E-state index is 0.0728. The van der Waals surface area contributed by atoms with E-state index in [9.17, 15) is 21.6 Å². The first-order valence-electron chi connectivity index (χ1n) is 6.61. The molecule has 0 aliphatic carbocycles. The van der Waals surface area contributed by atoms with Crippen molar-refractivity contribution in [3.05, 3.63) is 0 Å². The Labute approximate surface area is 126 Å². The van der Waals surface area contributed by atoms with Gasteiger partial charge < -0.3 is 4.90 Å². The molecule has 0 aromatic heterocycles. The van der Waals surface area contributed by atoms with Crippen LogP contribution in [0.4, 0.5) is 0 Å². The van der Waals surface area contributed by atoms with Crippen LogP contribution in [0.3, 0.4) is 0 Å². The molecule has 1 rings (SSSR count). The number of carbonyl (C=O) groups is 1. The highest BCUT2D eigenvalue weighted by Crippen LogP contribution is 2.23. The number of nitrogens with one attached hydrogen (secondary N) is 1. The van der Waals surface area contributed by atoms with Gasteiger partial charge in [-0.3, -0.25) is 4.79 Å². The summed E-state index contributed by atoms with van der Waals surface area (Å²) >= 11 is 0. The topological polar surface area (TPSA) is 127 Å². The van der Waals surface area contributed by atoms with Crippen molar-refractivity contribution in [3.8, 4) is 0 Å². The lowest BCUT2D eigenvalue weighted by molar-refractivity contribution is -0.134. The molecule has 1 saturated heterocycles. The first-order chi connectivity index (χ1) is 9.34. The molecule has 0 radical (unpaired) electrons. The molecule has 1 fully saturated rings. The maximum Gasteiger partial charge on any atom is 0.274 e. The van der Waals surface area contributed by atoms with E-state index in [0.29, 0.717) is 19.5 Å². The van der Waals surface area contributed by atoms with Gasteiger partial charge in [0.2, 0.25) is 5.91 Å². The molecular formula is C11H23N3O5S2. The van der Waals surface area contributed by atoms with Gasteiger partial charge in [-0.05, 0) is 32.6 Å². The summed E-state index contributed by atoms with van der Waals surface area (Å²) in [6, 6.07) is 0. The Morgan fingerprint density at radius 1 is 1.33 bits per heavy atom. The Balaban J connectivity index is 2.75. The standard InChI is InChI=1S/C11H23N3O5S2/c1-11(2,20(3,16)17)10(15)14-6-4-5-9(8-14)7-13-21(12,18)19/h9,13H,4-8H2,1-3H3,(H2,12,18,19). The van der Waals surface area contributed by atoms with Crippen molar-refractivity contribution in [1.29, 1.82) is 0 Å². The molecule has 1 amide bonds. The smallest absolute Gasteiger partial charge is 0.274 e. The lowest BCUT2D eigenvalue weighted by Gasteiger charge is -2.36. The Morgan fingerprint density at radius 2 is 1.90 bits per heavy atom. The van der Waals surface area contributed by atoms with Crippen LogP contribution in [0.15, 0.2) is 0 Å². The molecule has 0 bridgehead atoms. The number of nitrogens with two attached hydrogens (primary N) is 1. The molecule has 8 nitrogen and oxygen atoms in total. The zero-order chi connectivity index (χ0) is 16.5. The lowest BCUT2D eigenvalue weighted by atomic mass is 9.97. The fourth-order valence-electron chi connectivity index (χ4n) is 2.19. The first-order valence-corrected chi connectivity index (χ1v) is 10.0. The van der Waals surface area contributed by atoms with E-state index in [1.165, 1.54) is 18.7 Å². The molecule has 1 aliphatic heterocycles. The van der Waals surface area contributed by atoms with Crippen LogP contribution in [-0.2, 0) is 24.8 Å². The van der Waals surface area contributed by atoms with Crippen LogP contribution < -0.4 is 9.86 Å². The third-order valence-corrected chi connectivity index (χ3v) is 6.42. The van der Waals surface area contributed by atoms with Gasteiger partial charge >= 0.3 is 0 Å². The highest BCUT2D eigenvalue weighted by atomic mass is 32.2. The number of piperidine rings is 1. The molecule has 0 saturated carbocycles. The predicted molar refractivity (Wildman–Crippen MR) is 79.3 cm³/mol. The van der Waals surface area contributed by atoms with Crippen LogP contribution >= 0.6 is 0 Å². The zero-order valence-corrected chi connectivity index (χ0v) is 14.1. The summed E-state index contributed by atoms with van der Waals surface area (Å²) in [4.78, 5) is 13.9. The highest BCUT2D eigenvalue weighted by molar-refractivity contribution is 7.92. The van der Waals surface area contributed by atoms with Crippen molar-refractivity contribution < 1.29 is 21.6 Å². The average Bonchev–Trinajstić information content (AvgIpc) is 2.33. The Kier molecular flexibility index (Phi) is 5.40. The van der Waals surface area contributed by atoms with E-state index in [1.54, 1.807) is 0 Å². The third-order valence-electron chi connectivity index (χ3n) is 3.82. The van der Waals surface area contributed by atoms with Crippen LogP contribution in [0.5, 0.6) is 0 Å². The highest BCUT2D eigenvalue weighted by Gasteiger charge is 2.42. The maximum absolute atomic E-state index is 12.4. The van der Waals surface area contributed by atoms with Crippen molar-refractivity contribution in [3.63, 3.8) is 0 Å². The van der Waals surface area contributed by atoms with E-state index in [-0.39, 0.29) is 12.5 Å². The van der Waals surface area contributed by atoms with Crippen molar-refractivity contribution in [2.45, 2.75) is 31.4 Å². The van der Waals surface area contributed by atoms with Gasteiger partial charge in [0.1, 0.15) is 4.75 Å². The summed E-state index contributed by atoms with van der Waals surface area (Å²) < 4.78 is 45.9. The van der Waals surface area contributed by atoms with Gasteiger partial charge in [-0.25, -0.2) is 18.3 Å². The second-order valence-corrected chi connectivity index (χ2v) is 9.88. The number of sulfone groups is 1. The molecule has 124 valence electrons. The van der Waals surface area contributed by atoms with Gasteiger partial charge in [0.15, 0.2) is 9.84 Å². The molecule has 1 atom stereocenters. The molecule has 1 aliphatic rings. The van der Waals surface area contributed by atoms with Gasteiger partial charge in [-0.15, -0.1) is 0 Å². The zero-order valence-electron chi connectivity index (χ0n) is 12.5. The van der Waals surface area contributed by atoms with Crippen LogP contribution in [-0.4, -0.2) is 58.3 Å². The quantitative estimate of drug-likeness (QED) is 0.652. The summed E-state index contributed by atoms with van der Waals surface area (Å²) in [6.45, 7) is 3.71. The summed E-state index contributed by atoms with van der Waals surface area (Å²) in [6.07, 6.45) is 2.49. The van der Waals surface area contributed by atoms with Crippen molar-refractivity contribution in [1.82, 2.24) is 9.62 Å². The number of hydrogen-bond donors (Lipinski definition) is 2. The second-order valence-electron chi connectivity index (χ2n) is 5.94. The summed E-state index contributed by atoms with van der Waals surface area (Å²) in [5.41, 5.74) is 0. The van der Waals surface area contributed by atoms with Crippen LogP contribution in [0.2, 0.25) is 0 Å². The molecule has 0 spiro atoms. The van der Waals surface area contributed by atoms with Gasteiger partial charge in [0, 0.05) is 25.9 Å². The number of amides is 1. The second kappa shape index (κ2) is 6.19. The Hall–Kier alpha value is -0.710. The normalized spacial score (nSPS) is 21.3. The van der Waals surface area contributed by atoms with Crippen molar-refractivity contribution in [2.75, 3.05) is 25.9 Å². The van der Waals surface area contributed by atoms with E-state index >= 15 is 0 Å². The average molecular weight is 341 g/mol. The third kappa shape index (κ3) is 4.90. The molecule has 1 unspecified atom stereocenters. The van der Waals surface area contributed by atoms with Gasteiger partial charge in [-0.1, -0.05) is 0 Å². The number of rotatable bonds is 5. The van der Waals surface area contributed by atoms with E-state index in [2.05, 4.69) is 4.72 Å². The van der Waals surface area contributed by atoms with E-state index in [4.69, 9.17) is 5.14 Å². The summed E-state index contributed by atoms with van der Waals surface area (Å²) in [5.74, 6) is -0.526. The number of carbonyl (C=O) groups excluding carboxylic acids is 1. The SMILES string of the molecule is CC(C)(C(=O)N1CCCC(CNS(N)(=O)=O)C1)S(C)(=O)=O. The van der Waals surface area contributed by atoms with E-state index in [0.717, 1.165) is 12.7 Å². The van der Waals surface area contributed by atoms with E-state index < -0.39 is 30.7 Å². The largest absolute Gasteiger partial charge is 0.341 e. The van der Waals surface area contributed by atoms with Crippen LogP contribution in [0.1, 0.15) is 26.7 Å². The monoisotopic (exact) mass is 341 g/mol. The molecule has 10 heteroatoms. The lowest BCUT2D eigenvalue weighted by Crippen LogP contribution is -2.53. The molecule has 0 aromatic rings. The number of nitrogens with zero attached hydrogens (tertiary/aromatic N) is 1. The molecule has 3 N–H and O–H groups in total. The summed E-state index contributed by atoms with van der Waals surface area (Å²) in [7, 11) is -7.29. The number of hydrogen-bond acceptors (Lipinski definition) is 5. The number of likely N-dealkylation sites (tertiary alicyclic amines) is 1. The van der Waals surface area contributed by atoms with Crippen molar-refractivity contribution >= 4 is 26.0 Å². The fraction of sp³-hybridized carbons (Fsp3) is 0.909. The minimum atomic E-state index is -3.76. The Bertz CT molecular complexity index is 597. The molecule has 1 heterocycles. The maximum atomic E-state index is 12.4. The Morgan fingerprint density at radius 3 is 2.38 bits per heavy atom. The minimum Gasteiger partial charge on any atom is -0.341 e. The summed E-state index contributed by atoms with van der Waals surface area (Å²) in [5, 5.41) is 4.87. The van der Waals surface area contributed by atoms with Gasteiger partial charge in [0.25, 0.3) is 10.2 Å². The van der Waals surface area contributed by atoms with Gasteiger partial charge in [-0.2, -0.15) is 8.42 Å². The molecule has 0 aromatic carbocycles. The predicted octanol–water partition coefficient (Wildman–Crippen LogP) is -1.16.